The van der Waals surface area contributed by atoms with Crippen LogP contribution in [0.4, 0.5) is 5.82 Å². The molecule has 1 aliphatic rings. The van der Waals surface area contributed by atoms with Crippen molar-refractivity contribution < 1.29 is 4.79 Å². The number of carbonyl (C=O) groups excluding carboxylic acids is 1. The maximum absolute atomic E-state index is 12.4. The molecule has 0 fully saturated rings. The number of nitrogens with zero attached hydrogens (tertiary/aromatic N) is 4. The molecule has 0 saturated carbocycles. The minimum Gasteiger partial charge on any atom is -0.272 e. The van der Waals surface area contributed by atoms with Crippen molar-refractivity contribution in [3.05, 3.63) is 39.2 Å². The summed E-state index contributed by atoms with van der Waals surface area (Å²) >= 11 is 3.26. The van der Waals surface area contributed by atoms with Gasteiger partial charge in [-0.1, -0.05) is 6.07 Å². The van der Waals surface area contributed by atoms with Gasteiger partial charge in [-0.15, -0.1) is 22.7 Å². The van der Waals surface area contributed by atoms with E-state index in [1.54, 1.807) is 22.7 Å². The monoisotopic (exact) mass is 342 g/mol. The van der Waals surface area contributed by atoms with E-state index in [9.17, 15) is 4.79 Å². The third-order valence-corrected chi connectivity index (χ3v) is 6.02. The van der Waals surface area contributed by atoms with Crippen LogP contribution in [0.25, 0.3) is 10.2 Å². The van der Waals surface area contributed by atoms with Crippen molar-refractivity contribution in [3.8, 4) is 0 Å². The molecular formula is C16H14N4OS2. The Morgan fingerprint density at radius 3 is 2.87 bits per heavy atom. The molecule has 116 valence electrons. The predicted octanol–water partition coefficient (Wildman–Crippen LogP) is 3.90. The van der Waals surface area contributed by atoms with Gasteiger partial charge in [0.25, 0.3) is 0 Å². The van der Waals surface area contributed by atoms with Crippen molar-refractivity contribution >= 4 is 50.3 Å². The van der Waals surface area contributed by atoms with E-state index in [4.69, 9.17) is 0 Å². The molecule has 7 heteroatoms. The van der Waals surface area contributed by atoms with Crippen LogP contribution in [-0.4, -0.2) is 21.6 Å². The highest BCUT2D eigenvalue weighted by Gasteiger charge is 2.27. The Labute approximate surface area is 141 Å². The maximum atomic E-state index is 12.4. The molecule has 0 bridgehead atoms. The molecule has 3 aromatic heterocycles. The highest BCUT2D eigenvalue weighted by molar-refractivity contribution is 7.18. The van der Waals surface area contributed by atoms with Gasteiger partial charge in [-0.25, -0.2) is 9.97 Å². The van der Waals surface area contributed by atoms with Crippen molar-refractivity contribution in [2.24, 2.45) is 5.10 Å². The lowest BCUT2D eigenvalue weighted by atomic mass is 10.1. The first-order valence-corrected chi connectivity index (χ1v) is 9.00. The Kier molecular flexibility index (Phi) is 3.46. The minimum atomic E-state index is -0.0199. The Bertz CT molecular complexity index is 927. The SMILES string of the molecule is Cc1sc2ncnc(N3N=C(c4cccs4)CCC3=O)c2c1C. The Balaban J connectivity index is 1.89. The summed E-state index contributed by atoms with van der Waals surface area (Å²) in [5.74, 6) is 0.573. The Morgan fingerprint density at radius 2 is 2.09 bits per heavy atom. The van der Waals surface area contributed by atoms with Crippen LogP contribution in [0, 0.1) is 13.8 Å². The van der Waals surface area contributed by atoms with Gasteiger partial charge in [-0.05, 0) is 30.9 Å². The van der Waals surface area contributed by atoms with Gasteiger partial charge in [-0.2, -0.15) is 10.1 Å². The molecule has 4 heterocycles. The van der Waals surface area contributed by atoms with Crippen LogP contribution in [-0.2, 0) is 4.79 Å². The third-order valence-electron chi connectivity index (χ3n) is 3.98. The first kappa shape index (κ1) is 14.5. The van der Waals surface area contributed by atoms with Crippen LogP contribution in [0.2, 0.25) is 0 Å². The summed E-state index contributed by atoms with van der Waals surface area (Å²) in [6.07, 6.45) is 2.63. The molecule has 0 unspecified atom stereocenters. The summed E-state index contributed by atoms with van der Waals surface area (Å²) in [7, 11) is 0. The van der Waals surface area contributed by atoms with Crippen LogP contribution in [0.3, 0.4) is 0 Å². The molecule has 0 aromatic carbocycles. The van der Waals surface area contributed by atoms with Crippen LogP contribution in [0.15, 0.2) is 28.9 Å². The van der Waals surface area contributed by atoms with E-state index >= 15 is 0 Å². The van der Waals surface area contributed by atoms with E-state index in [1.165, 1.54) is 16.2 Å². The van der Waals surface area contributed by atoms with Crippen molar-refractivity contribution in [2.75, 3.05) is 5.01 Å². The molecule has 0 atom stereocenters. The molecule has 0 saturated heterocycles. The topological polar surface area (TPSA) is 58.5 Å². The van der Waals surface area contributed by atoms with Crippen molar-refractivity contribution in [3.63, 3.8) is 0 Å². The number of amides is 1. The smallest absolute Gasteiger partial charge is 0.249 e. The maximum Gasteiger partial charge on any atom is 0.249 e. The molecule has 3 aromatic rings. The van der Waals surface area contributed by atoms with E-state index < -0.39 is 0 Å². The zero-order chi connectivity index (χ0) is 16.0. The summed E-state index contributed by atoms with van der Waals surface area (Å²) < 4.78 is 0. The van der Waals surface area contributed by atoms with Crippen molar-refractivity contribution in [2.45, 2.75) is 26.7 Å². The summed E-state index contributed by atoms with van der Waals surface area (Å²) in [6, 6.07) is 4.03. The number of carbonyl (C=O) groups is 1. The first-order valence-electron chi connectivity index (χ1n) is 7.30. The molecule has 0 radical (unpaired) electrons. The van der Waals surface area contributed by atoms with E-state index in [0.29, 0.717) is 18.7 Å². The third kappa shape index (κ3) is 2.36. The number of aromatic nitrogens is 2. The van der Waals surface area contributed by atoms with E-state index in [1.807, 2.05) is 24.4 Å². The summed E-state index contributed by atoms with van der Waals surface area (Å²) in [4.78, 5) is 24.3. The van der Waals surface area contributed by atoms with Gasteiger partial charge in [0.05, 0.1) is 16.0 Å². The highest BCUT2D eigenvalue weighted by atomic mass is 32.1. The van der Waals surface area contributed by atoms with Gasteiger partial charge in [0.1, 0.15) is 11.2 Å². The molecule has 5 nitrogen and oxygen atoms in total. The fraction of sp³-hybridized carbons (Fsp3) is 0.250. The van der Waals surface area contributed by atoms with Gasteiger partial charge in [-0.3, -0.25) is 4.79 Å². The molecule has 0 spiro atoms. The number of aryl methyl sites for hydroxylation is 2. The Morgan fingerprint density at radius 1 is 1.22 bits per heavy atom. The van der Waals surface area contributed by atoms with Crippen molar-refractivity contribution in [1.29, 1.82) is 0 Å². The number of thiophene rings is 2. The van der Waals surface area contributed by atoms with E-state index in [0.717, 1.165) is 26.4 Å². The second-order valence-corrected chi connectivity index (χ2v) is 7.54. The second-order valence-electron chi connectivity index (χ2n) is 5.39. The van der Waals surface area contributed by atoms with Crippen LogP contribution in [0.1, 0.15) is 28.2 Å². The van der Waals surface area contributed by atoms with Gasteiger partial charge >= 0.3 is 0 Å². The van der Waals surface area contributed by atoms with Gasteiger partial charge in [0.2, 0.25) is 5.91 Å². The highest BCUT2D eigenvalue weighted by Crippen LogP contribution is 2.35. The molecule has 23 heavy (non-hydrogen) atoms. The van der Waals surface area contributed by atoms with Crippen LogP contribution < -0.4 is 5.01 Å². The molecule has 0 aliphatic carbocycles. The molecule has 0 N–H and O–H groups in total. The lowest BCUT2D eigenvalue weighted by molar-refractivity contribution is -0.118. The normalized spacial score (nSPS) is 15.3. The number of rotatable bonds is 2. The van der Waals surface area contributed by atoms with Crippen molar-refractivity contribution in [1.82, 2.24) is 9.97 Å². The predicted molar refractivity (Wildman–Crippen MR) is 94.5 cm³/mol. The fourth-order valence-electron chi connectivity index (χ4n) is 2.66. The Hall–Kier alpha value is -2.12. The lowest BCUT2D eigenvalue weighted by Crippen LogP contribution is -2.32. The first-order chi connectivity index (χ1) is 11.1. The molecule has 1 amide bonds. The average molecular weight is 342 g/mol. The molecular weight excluding hydrogens is 328 g/mol. The fourth-order valence-corrected chi connectivity index (χ4v) is 4.39. The average Bonchev–Trinajstić information content (AvgIpc) is 3.17. The number of hydrogen-bond acceptors (Lipinski definition) is 6. The van der Waals surface area contributed by atoms with E-state index in [2.05, 4.69) is 22.0 Å². The van der Waals surface area contributed by atoms with Crippen LogP contribution >= 0.6 is 22.7 Å². The number of anilines is 1. The van der Waals surface area contributed by atoms with E-state index in [-0.39, 0.29) is 5.91 Å². The summed E-state index contributed by atoms with van der Waals surface area (Å²) in [5, 5.41) is 9.01. The zero-order valence-electron chi connectivity index (χ0n) is 12.7. The largest absolute Gasteiger partial charge is 0.272 e. The lowest BCUT2D eigenvalue weighted by Gasteiger charge is -2.22. The second kappa shape index (κ2) is 5.50. The number of hydrazone groups is 1. The van der Waals surface area contributed by atoms with Crippen LogP contribution in [0.5, 0.6) is 0 Å². The van der Waals surface area contributed by atoms with Gasteiger partial charge < -0.3 is 0 Å². The van der Waals surface area contributed by atoms with Gasteiger partial charge in [0.15, 0.2) is 5.82 Å². The number of hydrogen-bond donors (Lipinski definition) is 0. The zero-order valence-corrected chi connectivity index (χ0v) is 14.4. The molecule has 1 aliphatic heterocycles. The standard InChI is InChI=1S/C16H14N4OS2/c1-9-10(2)23-16-14(9)15(17-8-18-16)20-13(21)6-5-11(19-20)12-4-3-7-22-12/h3-4,7-8H,5-6H2,1-2H3. The summed E-state index contributed by atoms with van der Waals surface area (Å²) in [5.41, 5.74) is 2.06. The summed E-state index contributed by atoms with van der Waals surface area (Å²) in [6.45, 7) is 4.10. The van der Waals surface area contributed by atoms with Gasteiger partial charge in [0, 0.05) is 17.7 Å². The number of fused-ring (bicyclic) bond motifs is 1. The quantitative estimate of drug-likeness (QED) is 0.709. The minimum absolute atomic E-state index is 0.0199. The molecule has 4 rings (SSSR count).